The fourth-order valence-electron chi connectivity index (χ4n) is 3.47. The lowest BCUT2D eigenvalue weighted by Crippen LogP contribution is -2.37. The van der Waals surface area contributed by atoms with Crippen molar-refractivity contribution in [3.63, 3.8) is 0 Å². The third-order valence-electron chi connectivity index (χ3n) is 5.06. The molecule has 196 valence electrons. The smallest absolute Gasteiger partial charge is 0.425 e. The molecule has 0 atom stereocenters. The SMILES string of the molecule is Cn1c(=O)c2c(nc(Oc3cccc(OC(F)(F)F)c3)n2Cc2ccc(OC(F)(F)F)cc2)n(C)c1=O. The summed E-state index contributed by atoms with van der Waals surface area (Å²) in [5.41, 5.74) is -1.21. The van der Waals surface area contributed by atoms with Gasteiger partial charge in [-0.1, -0.05) is 18.2 Å². The van der Waals surface area contributed by atoms with Gasteiger partial charge in [-0.25, -0.2) is 4.79 Å². The summed E-state index contributed by atoms with van der Waals surface area (Å²) in [5.74, 6) is -1.17. The van der Waals surface area contributed by atoms with Crippen LogP contribution in [0.3, 0.4) is 0 Å². The molecule has 0 saturated heterocycles. The third-order valence-corrected chi connectivity index (χ3v) is 5.06. The Morgan fingerprint density at radius 1 is 0.811 bits per heavy atom. The molecule has 0 amide bonds. The zero-order valence-electron chi connectivity index (χ0n) is 18.9. The maximum atomic E-state index is 12.9. The van der Waals surface area contributed by atoms with Crippen molar-refractivity contribution in [2.45, 2.75) is 19.3 Å². The molecule has 9 nitrogen and oxygen atoms in total. The van der Waals surface area contributed by atoms with Crippen molar-refractivity contribution < 1.29 is 40.6 Å². The van der Waals surface area contributed by atoms with E-state index in [0.717, 1.165) is 33.4 Å². The monoisotopic (exact) mass is 530 g/mol. The molecule has 0 bridgehead atoms. The van der Waals surface area contributed by atoms with Gasteiger partial charge in [-0.05, 0) is 29.8 Å². The molecule has 0 radical (unpaired) electrons. The molecule has 0 aliphatic heterocycles. The zero-order valence-corrected chi connectivity index (χ0v) is 18.9. The van der Waals surface area contributed by atoms with Crippen molar-refractivity contribution >= 4 is 11.2 Å². The Bertz CT molecular complexity index is 1570. The summed E-state index contributed by atoms with van der Waals surface area (Å²) >= 11 is 0. The largest absolute Gasteiger partial charge is 0.573 e. The van der Waals surface area contributed by atoms with Crippen molar-refractivity contribution in [2.24, 2.45) is 14.1 Å². The molecule has 0 spiro atoms. The van der Waals surface area contributed by atoms with E-state index in [0.29, 0.717) is 5.56 Å². The van der Waals surface area contributed by atoms with Crippen molar-refractivity contribution in [1.29, 1.82) is 0 Å². The van der Waals surface area contributed by atoms with Crippen molar-refractivity contribution in [3.05, 3.63) is 74.9 Å². The number of alkyl halides is 6. The quantitative estimate of drug-likeness (QED) is 0.350. The predicted molar refractivity (Wildman–Crippen MR) is 116 cm³/mol. The first-order valence-electron chi connectivity index (χ1n) is 10.3. The maximum Gasteiger partial charge on any atom is 0.573 e. The molecule has 0 unspecified atom stereocenters. The van der Waals surface area contributed by atoms with Gasteiger partial charge in [0.25, 0.3) is 5.56 Å². The Kier molecular flexibility index (Phi) is 6.39. The van der Waals surface area contributed by atoms with Crippen LogP contribution in [0.4, 0.5) is 26.3 Å². The fraction of sp³-hybridized carbons (Fsp3) is 0.227. The highest BCUT2D eigenvalue weighted by molar-refractivity contribution is 5.72. The van der Waals surface area contributed by atoms with Crippen LogP contribution in [0, 0.1) is 0 Å². The summed E-state index contributed by atoms with van der Waals surface area (Å²) in [7, 11) is 2.59. The van der Waals surface area contributed by atoms with E-state index >= 15 is 0 Å². The van der Waals surface area contributed by atoms with Gasteiger partial charge < -0.3 is 14.2 Å². The number of rotatable bonds is 6. The van der Waals surface area contributed by atoms with Crippen LogP contribution < -0.4 is 25.5 Å². The second-order valence-corrected chi connectivity index (χ2v) is 7.67. The zero-order chi connectivity index (χ0) is 27.1. The molecule has 37 heavy (non-hydrogen) atoms. The lowest BCUT2D eigenvalue weighted by atomic mass is 10.2. The first-order chi connectivity index (χ1) is 17.2. The van der Waals surface area contributed by atoms with Gasteiger partial charge in [0.1, 0.15) is 17.2 Å². The second-order valence-electron chi connectivity index (χ2n) is 7.67. The van der Waals surface area contributed by atoms with Crippen LogP contribution in [0.2, 0.25) is 0 Å². The summed E-state index contributed by atoms with van der Waals surface area (Å²) in [6, 6.07) is 9.01. The maximum absolute atomic E-state index is 12.9. The number of aromatic nitrogens is 4. The standard InChI is InChI=1S/C22H16F6N4O5/c1-30-17-16(18(33)31(2)20(30)34)32(11-12-6-8-13(9-7-12)36-21(23,24)25)19(29-17)35-14-4-3-5-15(10-14)37-22(26,27)28/h3-10H,11H2,1-2H3. The summed E-state index contributed by atoms with van der Waals surface area (Å²) < 4.78 is 91.8. The molecule has 15 heteroatoms. The minimum Gasteiger partial charge on any atom is -0.425 e. The summed E-state index contributed by atoms with van der Waals surface area (Å²) in [6.07, 6.45) is -9.83. The number of nitrogens with zero attached hydrogens (tertiary/aromatic N) is 4. The van der Waals surface area contributed by atoms with Crippen LogP contribution >= 0.6 is 0 Å². The highest BCUT2D eigenvalue weighted by Gasteiger charge is 2.32. The number of hydrogen-bond acceptors (Lipinski definition) is 6. The molecule has 0 N–H and O–H groups in total. The van der Waals surface area contributed by atoms with Gasteiger partial charge >= 0.3 is 24.4 Å². The van der Waals surface area contributed by atoms with E-state index in [1.54, 1.807) is 0 Å². The van der Waals surface area contributed by atoms with Crippen LogP contribution in [-0.2, 0) is 20.6 Å². The van der Waals surface area contributed by atoms with Crippen molar-refractivity contribution in [3.8, 4) is 23.3 Å². The van der Waals surface area contributed by atoms with E-state index in [4.69, 9.17) is 4.74 Å². The summed E-state index contributed by atoms with van der Waals surface area (Å²) in [6.45, 7) is -0.162. The van der Waals surface area contributed by atoms with Gasteiger partial charge in [0.15, 0.2) is 11.2 Å². The Morgan fingerprint density at radius 2 is 1.41 bits per heavy atom. The van der Waals surface area contributed by atoms with Gasteiger partial charge in [-0.2, -0.15) is 4.98 Å². The van der Waals surface area contributed by atoms with Crippen LogP contribution in [0.5, 0.6) is 23.3 Å². The summed E-state index contributed by atoms with van der Waals surface area (Å²) in [4.78, 5) is 29.5. The Hall–Kier alpha value is -4.43. The highest BCUT2D eigenvalue weighted by atomic mass is 19.4. The van der Waals surface area contributed by atoms with E-state index in [2.05, 4.69) is 14.5 Å². The number of aryl methyl sites for hydroxylation is 1. The number of hydrogen-bond donors (Lipinski definition) is 0. The first kappa shape index (κ1) is 25.7. The molecule has 2 heterocycles. The first-order valence-corrected chi connectivity index (χ1v) is 10.3. The minimum absolute atomic E-state index is 0.0807. The number of ether oxygens (including phenoxy) is 3. The average molecular weight is 530 g/mol. The van der Waals surface area contributed by atoms with E-state index in [1.165, 1.54) is 42.9 Å². The molecule has 4 aromatic rings. The van der Waals surface area contributed by atoms with Crippen molar-refractivity contribution in [2.75, 3.05) is 0 Å². The lowest BCUT2D eigenvalue weighted by Gasteiger charge is -2.13. The van der Waals surface area contributed by atoms with Gasteiger partial charge in [0, 0.05) is 20.2 Å². The molecule has 0 saturated carbocycles. The molecule has 0 aliphatic carbocycles. The normalized spacial score (nSPS) is 12.1. The topological polar surface area (TPSA) is 89.5 Å². The molecule has 0 aliphatic rings. The van der Waals surface area contributed by atoms with Crippen LogP contribution in [-0.4, -0.2) is 31.4 Å². The van der Waals surface area contributed by atoms with Gasteiger partial charge in [0.05, 0.1) is 6.54 Å². The second kappa shape index (κ2) is 9.22. The molecular weight excluding hydrogens is 514 g/mol. The molecule has 2 aromatic carbocycles. The van der Waals surface area contributed by atoms with E-state index in [1.807, 2.05) is 0 Å². The Morgan fingerprint density at radius 3 is 2.03 bits per heavy atom. The van der Waals surface area contributed by atoms with E-state index < -0.39 is 35.5 Å². The highest BCUT2D eigenvalue weighted by Crippen LogP contribution is 2.30. The molecule has 2 aromatic heterocycles. The molecular formula is C22H16F6N4O5. The van der Waals surface area contributed by atoms with Crippen LogP contribution in [0.1, 0.15) is 5.56 Å². The Labute approximate surface area is 202 Å². The van der Waals surface area contributed by atoms with E-state index in [-0.39, 0.29) is 29.5 Å². The average Bonchev–Trinajstić information content (AvgIpc) is 3.13. The van der Waals surface area contributed by atoms with E-state index in [9.17, 15) is 35.9 Å². The fourth-order valence-corrected chi connectivity index (χ4v) is 3.47. The lowest BCUT2D eigenvalue weighted by molar-refractivity contribution is -0.275. The number of benzene rings is 2. The number of fused-ring (bicyclic) bond motifs is 1. The molecule has 0 fully saturated rings. The molecule has 4 rings (SSSR count). The van der Waals surface area contributed by atoms with Gasteiger partial charge in [0.2, 0.25) is 0 Å². The van der Waals surface area contributed by atoms with Gasteiger partial charge in [-0.15, -0.1) is 26.3 Å². The third kappa shape index (κ3) is 5.70. The van der Waals surface area contributed by atoms with Gasteiger partial charge in [-0.3, -0.25) is 18.5 Å². The summed E-state index contributed by atoms with van der Waals surface area (Å²) in [5, 5.41) is 0. The minimum atomic E-state index is -4.95. The van der Waals surface area contributed by atoms with Crippen molar-refractivity contribution in [1.82, 2.24) is 18.7 Å². The number of imidazole rings is 1. The predicted octanol–water partition coefficient (Wildman–Crippen LogP) is 4.07. The Balaban J connectivity index is 1.79. The van der Waals surface area contributed by atoms with Crippen LogP contribution in [0.25, 0.3) is 11.2 Å². The number of halogens is 6. The van der Waals surface area contributed by atoms with Crippen LogP contribution in [0.15, 0.2) is 58.1 Å².